The van der Waals surface area contributed by atoms with Crippen molar-refractivity contribution in [1.82, 2.24) is 26.2 Å². The quantitative estimate of drug-likeness (QED) is 0.229. The van der Waals surface area contributed by atoms with Crippen molar-refractivity contribution in [3.05, 3.63) is 0 Å². The number of rotatable bonds is 7. The zero-order chi connectivity index (χ0) is 38.6. The Kier molecular flexibility index (Phi) is 13.9. The van der Waals surface area contributed by atoms with Gasteiger partial charge in [-0.3, -0.25) is 24.0 Å². The first-order chi connectivity index (χ1) is 25.1. The molecule has 1 saturated heterocycles. The van der Waals surface area contributed by atoms with Crippen molar-refractivity contribution in [3.8, 4) is 0 Å². The van der Waals surface area contributed by atoms with Crippen LogP contribution in [0.4, 0.5) is 0 Å². The molecule has 5 saturated carbocycles. The molecule has 1 unspecified atom stereocenters. The van der Waals surface area contributed by atoms with Crippen molar-refractivity contribution in [2.24, 2.45) is 46.7 Å². The third kappa shape index (κ3) is 10.1. The predicted molar refractivity (Wildman–Crippen MR) is 201 cm³/mol. The number of likely N-dealkylation sites (N-methyl/N-ethyl adjacent to an activating group) is 1. The summed E-state index contributed by atoms with van der Waals surface area (Å²) in [6, 6.07) is -4.83. The number of hydrogen-bond donors (Lipinski definition) is 6. The molecule has 0 spiro atoms. The zero-order valence-electron chi connectivity index (χ0n) is 33.0. The van der Waals surface area contributed by atoms with E-state index in [2.05, 4.69) is 21.3 Å². The standard InChI is InChI=1S/C40H68N6O7/c1-22(2)12-31-36(49)45-34(29-10-8-7-9-11-29)38(51)43-30(20-41)35(48)44-33(25(5)47)37(50)42-23(3)21-53-32(24(4)39(52)46(31)6)19-40-16-26-13-27(17-40)15-28(14-26)18-40/h22-34,47H,7-21,41H2,1-6H3,(H,42,50)(H,43,51)(H,44,48)(H,45,49)/t23-,24-,25?,26?,27?,28?,30+,31+,32-,33+,34+,40?/m1/s1. The van der Waals surface area contributed by atoms with Gasteiger partial charge in [-0.1, -0.05) is 40.0 Å². The molecule has 8 atom stereocenters. The van der Waals surface area contributed by atoms with Gasteiger partial charge < -0.3 is 41.7 Å². The van der Waals surface area contributed by atoms with Crippen molar-refractivity contribution in [1.29, 1.82) is 0 Å². The van der Waals surface area contributed by atoms with Crippen molar-refractivity contribution in [2.75, 3.05) is 20.2 Å². The van der Waals surface area contributed by atoms with Crippen LogP contribution in [0.25, 0.3) is 0 Å². The number of aliphatic hydroxyl groups excluding tert-OH is 1. The number of nitrogens with two attached hydrogens (primary N) is 1. The highest BCUT2D eigenvalue weighted by Gasteiger charge is 2.52. The van der Waals surface area contributed by atoms with Crippen molar-refractivity contribution < 1.29 is 33.8 Å². The van der Waals surface area contributed by atoms with E-state index in [0.29, 0.717) is 6.42 Å². The first-order valence-electron chi connectivity index (χ1n) is 20.6. The van der Waals surface area contributed by atoms with Gasteiger partial charge in [0.25, 0.3) is 0 Å². The topological polar surface area (TPSA) is 192 Å². The Morgan fingerprint density at radius 2 is 1.43 bits per heavy atom. The fraction of sp³-hybridized carbons (Fsp3) is 0.875. The molecule has 0 aromatic rings. The van der Waals surface area contributed by atoms with Gasteiger partial charge in [-0.25, -0.2) is 0 Å². The number of nitrogens with zero attached hydrogens (tertiary/aromatic N) is 1. The maximum Gasteiger partial charge on any atom is 0.245 e. The Labute approximate surface area is 316 Å². The van der Waals surface area contributed by atoms with E-state index in [1.807, 2.05) is 20.8 Å². The summed E-state index contributed by atoms with van der Waals surface area (Å²) in [5, 5.41) is 21.8. The molecular formula is C40H68N6O7. The fourth-order valence-electron chi connectivity index (χ4n) is 10.8. The summed E-state index contributed by atoms with van der Waals surface area (Å²) < 4.78 is 6.66. The fourth-order valence-corrected chi connectivity index (χ4v) is 10.8. The molecule has 300 valence electrons. The van der Waals surface area contributed by atoms with Gasteiger partial charge in [0.05, 0.1) is 24.7 Å². The minimum absolute atomic E-state index is 0.0792. The Hall–Kier alpha value is -2.77. The lowest BCUT2D eigenvalue weighted by molar-refractivity contribution is -0.150. The maximum absolute atomic E-state index is 14.6. The molecule has 1 heterocycles. The molecule has 4 bridgehead atoms. The van der Waals surface area contributed by atoms with Crippen molar-refractivity contribution in [2.45, 2.75) is 161 Å². The molecule has 53 heavy (non-hydrogen) atoms. The molecule has 5 aliphatic carbocycles. The number of nitrogens with one attached hydrogen (secondary N) is 4. The number of carbonyl (C=O) groups excluding carboxylic acids is 5. The Bertz CT molecular complexity index is 1280. The van der Waals surface area contributed by atoms with Gasteiger partial charge in [0.15, 0.2) is 0 Å². The second kappa shape index (κ2) is 17.8. The van der Waals surface area contributed by atoms with Gasteiger partial charge in [0.1, 0.15) is 24.2 Å². The summed E-state index contributed by atoms with van der Waals surface area (Å²) in [6.07, 6.45) is 11.0. The van der Waals surface area contributed by atoms with Crippen LogP contribution in [0.5, 0.6) is 0 Å². The lowest BCUT2D eigenvalue weighted by Crippen LogP contribution is -2.62. The number of carbonyl (C=O) groups is 5. The van der Waals surface area contributed by atoms with Crippen LogP contribution in [0.1, 0.15) is 118 Å². The molecule has 0 aromatic carbocycles. The molecule has 1 aliphatic heterocycles. The molecule has 6 rings (SSSR count). The van der Waals surface area contributed by atoms with Gasteiger partial charge in [-0.2, -0.15) is 0 Å². The van der Waals surface area contributed by atoms with E-state index in [9.17, 15) is 29.1 Å². The molecule has 0 radical (unpaired) electrons. The Morgan fingerprint density at radius 3 is 1.98 bits per heavy atom. The molecule has 6 aliphatic rings. The summed E-state index contributed by atoms with van der Waals surface area (Å²) in [5.41, 5.74) is 6.08. The van der Waals surface area contributed by atoms with Gasteiger partial charge in [-0.15, -0.1) is 0 Å². The normalized spacial score (nSPS) is 39.0. The van der Waals surface area contributed by atoms with Crippen LogP contribution in [0.3, 0.4) is 0 Å². The number of hydrogen-bond acceptors (Lipinski definition) is 8. The molecule has 6 fully saturated rings. The van der Waals surface area contributed by atoms with Crippen LogP contribution in [-0.4, -0.2) is 102 Å². The van der Waals surface area contributed by atoms with E-state index >= 15 is 0 Å². The molecule has 5 amide bonds. The summed E-state index contributed by atoms with van der Waals surface area (Å²) in [7, 11) is 1.68. The highest BCUT2D eigenvalue weighted by molar-refractivity contribution is 5.96. The predicted octanol–water partition coefficient (Wildman–Crippen LogP) is 2.38. The van der Waals surface area contributed by atoms with E-state index in [-0.39, 0.29) is 36.3 Å². The van der Waals surface area contributed by atoms with E-state index in [1.54, 1.807) is 18.9 Å². The molecule has 7 N–H and O–H groups in total. The van der Waals surface area contributed by atoms with Crippen LogP contribution in [0, 0.1) is 40.9 Å². The van der Waals surface area contributed by atoms with E-state index in [0.717, 1.165) is 75.5 Å². The van der Waals surface area contributed by atoms with Crippen LogP contribution in [0.2, 0.25) is 0 Å². The van der Waals surface area contributed by atoms with Crippen LogP contribution >= 0.6 is 0 Å². The summed E-state index contributed by atoms with van der Waals surface area (Å²) in [5.74, 6) is -0.975. The minimum Gasteiger partial charge on any atom is -0.391 e. The first-order valence-corrected chi connectivity index (χ1v) is 20.6. The van der Waals surface area contributed by atoms with E-state index in [4.69, 9.17) is 10.5 Å². The van der Waals surface area contributed by atoms with Crippen molar-refractivity contribution >= 4 is 29.5 Å². The molecule has 0 aromatic heterocycles. The Balaban J connectivity index is 1.48. The maximum atomic E-state index is 14.6. The average Bonchev–Trinajstić information content (AvgIpc) is 3.10. The second-order valence-corrected chi connectivity index (χ2v) is 18.2. The zero-order valence-corrected chi connectivity index (χ0v) is 33.0. The van der Waals surface area contributed by atoms with Gasteiger partial charge in [-0.05, 0) is 113 Å². The van der Waals surface area contributed by atoms with Gasteiger partial charge >= 0.3 is 0 Å². The number of amides is 5. The van der Waals surface area contributed by atoms with Crippen LogP contribution in [0.15, 0.2) is 0 Å². The highest BCUT2D eigenvalue weighted by Crippen LogP contribution is 2.62. The van der Waals surface area contributed by atoms with E-state index < -0.39 is 72.0 Å². The van der Waals surface area contributed by atoms with E-state index in [1.165, 1.54) is 26.2 Å². The SMILES string of the molecule is CC(C)C[C@H]1C(=O)N[C@@H](C2CCCCC2)C(=O)N[C@@H](CN)C(=O)N[C@@H](C(C)O)C(=O)N[C@H](C)CO[C@H](CC23CC4CC(CC(C4)C2)C3)[C@@H](C)C(=O)N1C. The average molecular weight is 745 g/mol. The van der Waals surface area contributed by atoms with Gasteiger partial charge in [0.2, 0.25) is 29.5 Å². The lowest BCUT2D eigenvalue weighted by Gasteiger charge is -2.58. The molecule has 13 nitrogen and oxygen atoms in total. The molecule has 13 heteroatoms. The van der Waals surface area contributed by atoms with Crippen LogP contribution < -0.4 is 27.0 Å². The summed E-state index contributed by atoms with van der Waals surface area (Å²) >= 11 is 0. The second-order valence-electron chi connectivity index (χ2n) is 18.2. The summed E-state index contributed by atoms with van der Waals surface area (Å²) in [6.45, 7) is 8.96. The Morgan fingerprint density at radius 1 is 0.830 bits per heavy atom. The first kappa shape index (κ1) is 41.4. The summed E-state index contributed by atoms with van der Waals surface area (Å²) in [4.78, 5) is 71.5. The number of aliphatic hydroxyl groups is 1. The smallest absolute Gasteiger partial charge is 0.245 e. The number of ether oxygens (including phenoxy) is 1. The third-order valence-electron chi connectivity index (χ3n) is 13.1. The van der Waals surface area contributed by atoms with Crippen molar-refractivity contribution in [3.63, 3.8) is 0 Å². The monoisotopic (exact) mass is 745 g/mol. The molecular weight excluding hydrogens is 676 g/mol. The minimum atomic E-state index is -1.32. The highest BCUT2D eigenvalue weighted by atomic mass is 16.5. The third-order valence-corrected chi connectivity index (χ3v) is 13.1. The largest absolute Gasteiger partial charge is 0.391 e. The van der Waals surface area contributed by atoms with Gasteiger partial charge in [0, 0.05) is 19.6 Å². The lowest BCUT2D eigenvalue weighted by atomic mass is 9.48. The van der Waals surface area contributed by atoms with Crippen LogP contribution in [-0.2, 0) is 28.7 Å².